The minimum Gasteiger partial charge on any atom is -0.370 e. The summed E-state index contributed by atoms with van der Waals surface area (Å²) in [6.45, 7) is 1.79. The third kappa shape index (κ3) is 2.45. The van der Waals surface area contributed by atoms with Crippen molar-refractivity contribution in [1.82, 2.24) is 0 Å². The molecule has 0 aromatic heterocycles. The van der Waals surface area contributed by atoms with Gasteiger partial charge in [-0.15, -0.1) is 0 Å². The molecule has 4 nitrogen and oxygen atoms in total. The second-order valence-corrected chi connectivity index (χ2v) is 2.84. The summed E-state index contributed by atoms with van der Waals surface area (Å²) in [5, 5.41) is 2.93. The van der Waals surface area contributed by atoms with Crippen LogP contribution in [0.1, 0.15) is 17.3 Å². The molecule has 1 atom stereocenters. The van der Waals surface area contributed by atoms with Gasteiger partial charge in [0.2, 0.25) is 0 Å². The molecule has 0 bridgehead atoms. The fourth-order valence-corrected chi connectivity index (χ4v) is 1.07. The van der Waals surface area contributed by atoms with Crippen LogP contribution in [-0.4, -0.2) is 12.1 Å². The van der Waals surface area contributed by atoms with Crippen molar-refractivity contribution in [1.29, 1.82) is 0 Å². The van der Waals surface area contributed by atoms with Gasteiger partial charge in [-0.3, -0.25) is 4.79 Å². The van der Waals surface area contributed by atoms with Crippen LogP contribution in [0.25, 0.3) is 0 Å². The summed E-state index contributed by atoms with van der Waals surface area (Å²) < 4.78 is 0. The third-order valence-electron chi connectivity index (χ3n) is 1.58. The normalized spacial score (nSPS) is 12.2. The van der Waals surface area contributed by atoms with E-state index in [2.05, 4.69) is 5.32 Å². The van der Waals surface area contributed by atoms with Gasteiger partial charge in [-0.05, 0) is 19.1 Å². The van der Waals surface area contributed by atoms with Crippen molar-refractivity contribution in [2.24, 2.45) is 11.5 Å². The monoisotopic (exact) mass is 179 g/mol. The number of nitrogens with two attached hydrogens (primary N) is 2. The molecule has 5 N–H and O–H groups in total. The molecule has 1 unspecified atom stereocenters. The molecule has 4 heteroatoms. The lowest BCUT2D eigenvalue weighted by Gasteiger charge is -2.12. The molecule has 70 valence electrons. The van der Waals surface area contributed by atoms with Crippen LogP contribution in [0.2, 0.25) is 0 Å². The van der Waals surface area contributed by atoms with Gasteiger partial charge in [0.15, 0.2) is 0 Å². The number of carbonyl (C=O) groups is 1. The van der Waals surface area contributed by atoms with Crippen molar-refractivity contribution in [3.8, 4) is 0 Å². The predicted molar refractivity (Wildman–Crippen MR) is 52.2 cm³/mol. The highest BCUT2D eigenvalue weighted by Crippen LogP contribution is 2.14. The first-order chi connectivity index (χ1) is 6.11. The summed E-state index contributed by atoms with van der Waals surface area (Å²) >= 11 is 0. The van der Waals surface area contributed by atoms with E-state index in [1.807, 2.05) is 6.07 Å². The molecule has 0 aliphatic heterocycles. The topological polar surface area (TPSA) is 81.1 Å². The highest BCUT2D eigenvalue weighted by molar-refractivity contribution is 5.98. The molecular formula is C9H13N3O. The van der Waals surface area contributed by atoms with E-state index in [0.29, 0.717) is 11.3 Å². The molecular weight excluding hydrogens is 166 g/mol. The Morgan fingerprint density at radius 1 is 1.46 bits per heavy atom. The van der Waals surface area contributed by atoms with E-state index in [0.717, 1.165) is 0 Å². The first kappa shape index (κ1) is 9.54. The van der Waals surface area contributed by atoms with Crippen molar-refractivity contribution < 1.29 is 4.79 Å². The van der Waals surface area contributed by atoms with E-state index in [9.17, 15) is 4.79 Å². The number of benzene rings is 1. The van der Waals surface area contributed by atoms with Crippen LogP contribution in [0.3, 0.4) is 0 Å². The number of para-hydroxylation sites is 1. The van der Waals surface area contributed by atoms with E-state index >= 15 is 0 Å². The van der Waals surface area contributed by atoms with Gasteiger partial charge >= 0.3 is 0 Å². The Kier molecular flexibility index (Phi) is 2.87. The lowest BCUT2D eigenvalue weighted by atomic mass is 10.1. The maximum atomic E-state index is 10.9. The van der Waals surface area contributed by atoms with Crippen LogP contribution in [-0.2, 0) is 0 Å². The third-order valence-corrected chi connectivity index (χ3v) is 1.58. The van der Waals surface area contributed by atoms with Gasteiger partial charge in [0.1, 0.15) is 0 Å². The maximum Gasteiger partial charge on any atom is 0.250 e. The molecule has 0 radical (unpaired) electrons. The molecule has 0 saturated heterocycles. The average Bonchev–Trinajstić information content (AvgIpc) is 2.03. The zero-order valence-corrected chi connectivity index (χ0v) is 7.45. The van der Waals surface area contributed by atoms with Gasteiger partial charge in [0.05, 0.1) is 11.7 Å². The Hall–Kier alpha value is -1.55. The number of nitrogens with one attached hydrogen (secondary N) is 1. The maximum absolute atomic E-state index is 10.9. The lowest BCUT2D eigenvalue weighted by molar-refractivity contribution is 0.100. The molecule has 1 amide bonds. The van der Waals surface area contributed by atoms with Crippen LogP contribution < -0.4 is 16.8 Å². The fraction of sp³-hybridized carbons (Fsp3) is 0.222. The predicted octanol–water partition coefficient (Wildman–Crippen LogP) is 0.502. The Bertz CT molecular complexity index is 309. The van der Waals surface area contributed by atoms with E-state index < -0.39 is 5.91 Å². The number of anilines is 1. The molecule has 0 saturated carbocycles. The Morgan fingerprint density at radius 2 is 2.08 bits per heavy atom. The number of carbonyl (C=O) groups excluding carboxylic acids is 1. The Morgan fingerprint density at radius 3 is 2.62 bits per heavy atom. The van der Waals surface area contributed by atoms with Gasteiger partial charge in [-0.1, -0.05) is 12.1 Å². The summed E-state index contributed by atoms with van der Waals surface area (Å²) in [5.74, 6) is -0.455. The zero-order valence-electron chi connectivity index (χ0n) is 7.45. The van der Waals surface area contributed by atoms with E-state index in [1.165, 1.54) is 0 Å². The second kappa shape index (κ2) is 3.91. The van der Waals surface area contributed by atoms with Crippen molar-refractivity contribution in [3.63, 3.8) is 0 Å². The number of amides is 1. The van der Waals surface area contributed by atoms with Gasteiger partial charge in [0.25, 0.3) is 5.91 Å². The number of primary amides is 1. The van der Waals surface area contributed by atoms with Crippen molar-refractivity contribution in [3.05, 3.63) is 29.8 Å². The van der Waals surface area contributed by atoms with Crippen LogP contribution in [0.5, 0.6) is 0 Å². The molecule has 0 aliphatic carbocycles. The number of rotatable bonds is 3. The largest absolute Gasteiger partial charge is 0.370 e. The lowest BCUT2D eigenvalue weighted by Crippen LogP contribution is -2.27. The molecule has 0 heterocycles. The first-order valence-electron chi connectivity index (χ1n) is 4.02. The van der Waals surface area contributed by atoms with Gasteiger partial charge in [-0.2, -0.15) is 0 Å². The van der Waals surface area contributed by atoms with E-state index in [4.69, 9.17) is 11.5 Å². The number of hydrogen-bond donors (Lipinski definition) is 3. The molecule has 1 rings (SSSR count). The van der Waals surface area contributed by atoms with E-state index in [-0.39, 0.29) is 6.17 Å². The van der Waals surface area contributed by atoms with Crippen molar-refractivity contribution in [2.75, 3.05) is 5.32 Å². The second-order valence-electron chi connectivity index (χ2n) is 2.84. The quantitative estimate of drug-likeness (QED) is 0.591. The zero-order chi connectivity index (χ0) is 9.84. The van der Waals surface area contributed by atoms with Crippen LogP contribution in [0, 0.1) is 0 Å². The van der Waals surface area contributed by atoms with Gasteiger partial charge in [0, 0.05) is 5.69 Å². The molecule has 0 aliphatic rings. The standard InChI is InChI=1S/C9H13N3O/c1-6(10)12-8-5-3-2-4-7(8)9(11)13/h2-6,12H,10H2,1H3,(H2,11,13). The molecule has 1 aromatic rings. The summed E-state index contributed by atoms with van der Waals surface area (Å²) in [5.41, 5.74) is 11.8. The first-order valence-corrected chi connectivity index (χ1v) is 4.02. The van der Waals surface area contributed by atoms with Crippen LogP contribution >= 0.6 is 0 Å². The minimum absolute atomic E-state index is 0.208. The van der Waals surface area contributed by atoms with Crippen LogP contribution in [0.15, 0.2) is 24.3 Å². The highest BCUT2D eigenvalue weighted by atomic mass is 16.1. The Balaban J connectivity index is 2.98. The summed E-state index contributed by atoms with van der Waals surface area (Å²) in [4.78, 5) is 10.9. The van der Waals surface area contributed by atoms with Gasteiger partial charge < -0.3 is 16.8 Å². The summed E-state index contributed by atoms with van der Waals surface area (Å²) in [7, 11) is 0. The van der Waals surface area contributed by atoms with Gasteiger partial charge in [-0.25, -0.2) is 0 Å². The summed E-state index contributed by atoms with van der Waals surface area (Å²) in [6.07, 6.45) is -0.208. The molecule has 0 spiro atoms. The molecule has 1 aromatic carbocycles. The Labute approximate surface area is 76.9 Å². The van der Waals surface area contributed by atoms with E-state index in [1.54, 1.807) is 25.1 Å². The van der Waals surface area contributed by atoms with Crippen molar-refractivity contribution >= 4 is 11.6 Å². The smallest absolute Gasteiger partial charge is 0.250 e. The molecule has 13 heavy (non-hydrogen) atoms. The fourth-order valence-electron chi connectivity index (χ4n) is 1.07. The van der Waals surface area contributed by atoms with Crippen molar-refractivity contribution in [2.45, 2.75) is 13.1 Å². The highest BCUT2D eigenvalue weighted by Gasteiger charge is 2.06. The number of hydrogen-bond acceptors (Lipinski definition) is 3. The minimum atomic E-state index is -0.455. The van der Waals surface area contributed by atoms with Crippen LogP contribution in [0.4, 0.5) is 5.69 Å². The molecule has 0 fully saturated rings. The summed E-state index contributed by atoms with van der Waals surface area (Å²) in [6, 6.07) is 7.00. The SMILES string of the molecule is CC(N)Nc1ccccc1C(N)=O. The average molecular weight is 179 g/mol.